The lowest BCUT2D eigenvalue weighted by Gasteiger charge is -2.14. The van der Waals surface area contributed by atoms with Crippen LogP contribution in [0.15, 0.2) is 4.52 Å². The highest BCUT2D eigenvalue weighted by molar-refractivity contribution is 5.69. The van der Waals surface area contributed by atoms with Crippen LogP contribution in [0, 0.1) is 19.3 Å². The molecule has 0 aliphatic carbocycles. The Hall–Kier alpha value is -1.87. The summed E-state index contributed by atoms with van der Waals surface area (Å²) in [6, 6.07) is 0. The molecule has 0 bridgehead atoms. The van der Waals surface area contributed by atoms with Gasteiger partial charge in [0.15, 0.2) is 5.82 Å². The number of aryl methyl sites for hydroxylation is 1. The zero-order chi connectivity index (χ0) is 11.3. The molecule has 1 heterocycles. The van der Waals surface area contributed by atoms with Crippen LogP contribution in [0.5, 0.6) is 0 Å². The van der Waals surface area contributed by atoms with E-state index < -0.39 is 5.97 Å². The minimum absolute atomic E-state index is 0.141. The highest BCUT2D eigenvalue weighted by Gasteiger charge is 2.12. The number of carboxylic acids is 1. The fourth-order valence-corrected chi connectivity index (χ4v) is 1.09. The third-order valence-electron chi connectivity index (χ3n) is 1.61. The number of hydrogen-bond acceptors (Lipinski definition) is 5. The van der Waals surface area contributed by atoms with E-state index in [0.717, 1.165) is 0 Å². The molecule has 0 atom stereocenters. The van der Waals surface area contributed by atoms with E-state index in [0.29, 0.717) is 11.7 Å². The van der Waals surface area contributed by atoms with Gasteiger partial charge in [-0.1, -0.05) is 11.1 Å². The number of carbonyl (C=O) groups is 1. The molecule has 0 spiro atoms. The van der Waals surface area contributed by atoms with E-state index >= 15 is 0 Å². The monoisotopic (exact) mass is 209 g/mol. The quantitative estimate of drug-likeness (QED) is 0.682. The number of rotatable bonds is 5. The van der Waals surface area contributed by atoms with E-state index in [9.17, 15) is 4.79 Å². The molecule has 0 saturated heterocycles. The fourth-order valence-electron chi connectivity index (χ4n) is 1.09. The smallest absolute Gasteiger partial charge is 0.317 e. The van der Waals surface area contributed by atoms with E-state index in [1.54, 1.807) is 6.92 Å². The van der Waals surface area contributed by atoms with E-state index in [1.165, 1.54) is 4.90 Å². The maximum atomic E-state index is 10.5. The van der Waals surface area contributed by atoms with Crippen LogP contribution in [-0.2, 0) is 11.3 Å². The van der Waals surface area contributed by atoms with Gasteiger partial charge >= 0.3 is 5.97 Å². The van der Waals surface area contributed by atoms with Crippen LogP contribution >= 0.6 is 0 Å². The van der Waals surface area contributed by atoms with Gasteiger partial charge in [-0.05, 0) is 0 Å². The summed E-state index contributed by atoms with van der Waals surface area (Å²) in [7, 11) is 0. The van der Waals surface area contributed by atoms with Crippen molar-refractivity contribution >= 4 is 5.97 Å². The number of aliphatic carboxylic acids is 1. The van der Waals surface area contributed by atoms with Crippen LogP contribution in [-0.4, -0.2) is 39.2 Å². The summed E-state index contributed by atoms with van der Waals surface area (Å²) in [5.74, 6) is 2.32. The second kappa shape index (κ2) is 5.12. The summed E-state index contributed by atoms with van der Waals surface area (Å²) in [5.41, 5.74) is 0. The van der Waals surface area contributed by atoms with Crippen molar-refractivity contribution in [3.8, 4) is 12.3 Å². The van der Waals surface area contributed by atoms with Gasteiger partial charge in [-0.15, -0.1) is 6.42 Å². The van der Waals surface area contributed by atoms with Crippen molar-refractivity contribution in [2.45, 2.75) is 13.5 Å². The molecule has 0 radical (unpaired) electrons. The first-order chi connectivity index (χ1) is 7.11. The molecule has 15 heavy (non-hydrogen) atoms. The molecule has 1 aromatic rings. The first-order valence-corrected chi connectivity index (χ1v) is 4.28. The molecule has 0 saturated carbocycles. The maximum absolute atomic E-state index is 10.5. The van der Waals surface area contributed by atoms with Crippen molar-refractivity contribution in [1.29, 1.82) is 0 Å². The molecule has 0 unspecified atom stereocenters. The lowest BCUT2D eigenvalue weighted by atomic mass is 10.4. The van der Waals surface area contributed by atoms with Gasteiger partial charge in [0.1, 0.15) is 0 Å². The van der Waals surface area contributed by atoms with Crippen molar-refractivity contribution < 1.29 is 14.4 Å². The molecule has 0 aliphatic heterocycles. The van der Waals surface area contributed by atoms with Crippen LogP contribution in [0.2, 0.25) is 0 Å². The van der Waals surface area contributed by atoms with Gasteiger partial charge in [-0.3, -0.25) is 9.69 Å². The second-order valence-electron chi connectivity index (χ2n) is 2.97. The van der Waals surface area contributed by atoms with E-state index in [1.807, 2.05) is 0 Å². The van der Waals surface area contributed by atoms with Gasteiger partial charge in [0.05, 0.1) is 19.6 Å². The predicted molar refractivity (Wildman–Crippen MR) is 50.8 cm³/mol. The van der Waals surface area contributed by atoms with Crippen LogP contribution < -0.4 is 0 Å². The Morgan fingerprint density at radius 1 is 1.73 bits per heavy atom. The van der Waals surface area contributed by atoms with Crippen molar-refractivity contribution in [3.63, 3.8) is 0 Å². The summed E-state index contributed by atoms with van der Waals surface area (Å²) >= 11 is 0. The van der Waals surface area contributed by atoms with E-state index in [2.05, 4.69) is 16.1 Å². The molecule has 1 aromatic heterocycles. The molecule has 1 rings (SSSR count). The molecule has 1 N–H and O–H groups in total. The maximum Gasteiger partial charge on any atom is 0.317 e. The van der Waals surface area contributed by atoms with Crippen molar-refractivity contribution in [2.75, 3.05) is 13.1 Å². The van der Waals surface area contributed by atoms with Gasteiger partial charge < -0.3 is 9.63 Å². The van der Waals surface area contributed by atoms with E-state index in [-0.39, 0.29) is 19.6 Å². The van der Waals surface area contributed by atoms with Crippen LogP contribution in [0.4, 0.5) is 0 Å². The molecule has 0 aromatic carbocycles. The van der Waals surface area contributed by atoms with Crippen LogP contribution in [0.1, 0.15) is 11.7 Å². The molecule has 0 amide bonds. The van der Waals surface area contributed by atoms with Crippen molar-refractivity contribution in [2.24, 2.45) is 0 Å². The van der Waals surface area contributed by atoms with E-state index in [4.69, 9.17) is 16.1 Å². The molecule has 80 valence electrons. The highest BCUT2D eigenvalue weighted by Crippen LogP contribution is 2.00. The Kier molecular flexibility index (Phi) is 3.83. The minimum Gasteiger partial charge on any atom is -0.480 e. The first-order valence-electron chi connectivity index (χ1n) is 4.28. The highest BCUT2D eigenvalue weighted by atomic mass is 16.5. The van der Waals surface area contributed by atoms with Crippen molar-refractivity contribution in [3.05, 3.63) is 11.7 Å². The normalized spacial score (nSPS) is 10.2. The van der Waals surface area contributed by atoms with Crippen LogP contribution in [0.25, 0.3) is 0 Å². The molecule has 6 heteroatoms. The Labute approximate surface area is 86.9 Å². The summed E-state index contributed by atoms with van der Waals surface area (Å²) < 4.78 is 4.76. The molecule has 0 fully saturated rings. The lowest BCUT2D eigenvalue weighted by Crippen LogP contribution is -2.30. The van der Waals surface area contributed by atoms with Crippen LogP contribution in [0.3, 0.4) is 0 Å². The lowest BCUT2D eigenvalue weighted by molar-refractivity contribution is -0.138. The average Bonchev–Trinajstić information content (AvgIpc) is 2.50. The third kappa shape index (κ3) is 3.79. The Morgan fingerprint density at radius 2 is 2.47 bits per heavy atom. The zero-order valence-corrected chi connectivity index (χ0v) is 8.30. The minimum atomic E-state index is -0.939. The predicted octanol–water partition coefficient (Wildman–Crippen LogP) is -0.102. The molecular formula is C9H11N3O3. The standard InChI is InChI=1S/C9H11N3O3/c1-3-4-12(6-9(13)14)5-8-10-7(2)15-11-8/h1H,4-6H2,2H3,(H,13,14). The number of aromatic nitrogens is 2. The number of nitrogens with zero attached hydrogens (tertiary/aromatic N) is 3. The Bertz CT molecular complexity index is 380. The van der Waals surface area contributed by atoms with Gasteiger partial charge in [0.2, 0.25) is 5.89 Å². The van der Waals surface area contributed by atoms with Gasteiger partial charge in [-0.2, -0.15) is 4.98 Å². The second-order valence-corrected chi connectivity index (χ2v) is 2.97. The van der Waals surface area contributed by atoms with Gasteiger partial charge in [0, 0.05) is 6.92 Å². The number of terminal acetylenes is 1. The molecular weight excluding hydrogens is 198 g/mol. The Morgan fingerprint density at radius 3 is 2.93 bits per heavy atom. The third-order valence-corrected chi connectivity index (χ3v) is 1.61. The van der Waals surface area contributed by atoms with Gasteiger partial charge in [0.25, 0.3) is 0 Å². The largest absolute Gasteiger partial charge is 0.480 e. The summed E-state index contributed by atoms with van der Waals surface area (Å²) in [5, 5.41) is 12.3. The molecule has 6 nitrogen and oxygen atoms in total. The number of carboxylic acid groups (broad SMARTS) is 1. The topological polar surface area (TPSA) is 79.5 Å². The van der Waals surface area contributed by atoms with Gasteiger partial charge in [-0.25, -0.2) is 0 Å². The number of hydrogen-bond donors (Lipinski definition) is 1. The SMILES string of the molecule is C#CCN(CC(=O)O)Cc1noc(C)n1. The molecule has 0 aliphatic rings. The fraction of sp³-hybridized carbons (Fsp3) is 0.444. The first kappa shape index (κ1) is 11.2. The zero-order valence-electron chi connectivity index (χ0n) is 8.30. The Balaban J connectivity index is 2.58. The average molecular weight is 209 g/mol. The van der Waals surface area contributed by atoms with Crippen molar-refractivity contribution in [1.82, 2.24) is 15.0 Å². The summed E-state index contributed by atoms with van der Waals surface area (Å²) in [4.78, 5) is 16.0. The summed E-state index contributed by atoms with van der Waals surface area (Å²) in [6.45, 7) is 2.03. The summed E-state index contributed by atoms with van der Waals surface area (Å²) in [6.07, 6.45) is 5.12.